The van der Waals surface area contributed by atoms with Gasteiger partial charge in [0.05, 0.1) is 78.3 Å². The number of benzene rings is 1. The third-order valence-corrected chi connectivity index (χ3v) is 6.27. The summed E-state index contributed by atoms with van der Waals surface area (Å²) in [7, 11) is 0. The minimum atomic E-state index is -0.116. The number of hydrogen-bond acceptors (Lipinski definition) is 8. The van der Waals surface area contributed by atoms with Gasteiger partial charge in [0.25, 0.3) is 5.91 Å². The summed E-state index contributed by atoms with van der Waals surface area (Å²) in [6, 6.07) is 7.75. The second-order valence-electron chi connectivity index (χ2n) is 9.40. The van der Waals surface area contributed by atoms with Crippen LogP contribution in [0.25, 0.3) is 0 Å². The summed E-state index contributed by atoms with van der Waals surface area (Å²) in [5, 5.41) is 10.7. The lowest BCUT2D eigenvalue weighted by atomic mass is 10.1. The molecule has 1 atom stereocenters. The van der Waals surface area contributed by atoms with Gasteiger partial charge < -0.3 is 34.3 Å². The molecule has 226 valence electrons. The minimum Gasteiger partial charge on any atom is -0.378 e. The normalized spacial score (nSPS) is 12.1. The van der Waals surface area contributed by atoms with Crippen LogP contribution in [0.15, 0.2) is 36.7 Å². The highest BCUT2D eigenvalue weighted by Crippen LogP contribution is 2.18. The molecular formula is C30H50N4O6. The second kappa shape index (κ2) is 22.4. The van der Waals surface area contributed by atoms with Crippen molar-refractivity contribution in [3.63, 3.8) is 0 Å². The highest BCUT2D eigenvalue weighted by molar-refractivity contribution is 5.94. The van der Waals surface area contributed by atoms with Crippen molar-refractivity contribution in [2.75, 3.05) is 85.7 Å². The number of nitrogens with one attached hydrogen (secondary N) is 2. The highest BCUT2D eigenvalue weighted by atomic mass is 16.6. The molecule has 0 fully saturated rings. The van der Waals surface area contributed by atoms with Gasteiger partial charge in [-0.25, -0.2) is 0 Å². The number of carbonyl (C=O) groups excluding carboxylic acids is 1. The lowest BCUT2D eigenvalue weighted by molar-refractivity contribution is -0.0105. The third-order valence-electron chi connectivity index (χ3n) is 6.27. The lowest BCUT2D eigenvalue weighted by Crippen LogP contribution is -2.27. The highest BCUT2D eigenvalue weighted by Gasteiger charge is 2.11. The average Bonchev–Trinajstić information content (AvgIpc) is 3.47. The zero-order valence-electron chi connectivity index (χ0n) is 24.7. The molecule has 2 N–H and O–H groups in total. The summed E-state index contributed by atoms with van der Waals surface area (Å²) in [6.45, 7) is 14.1. The Morgan fingerprint density at radius 2 is 1.35 bits per heavy atom. The van der Waals surface area contributed by atoms with Gasteiger partial charge in [-0.05, 0) is 49.6 Å². The van der Waals surface area contributed by atoms with E-state index in [1.54, 1.807) is 0 Å². The molecule has 2 aromatic rings. The number of nitrogens with zero attached hydrogens (tertiary/aromatic N) is 2. The molecule has 0 bridgehead atoms. The van der Waals surface area contributed by atoms with Crippen molar-refractivity contribution in [2.24, 2.45) is 0 Å². The molecule has 1 unspecified atom stereocenters. The molecule has 0 aliphatic rings. The number of carbonyl (C=O) groups is 1. The third kappa shape index (κ3) is 14.9. The maximum atomic E-state index is 12.4. The molecule has 1 heterocycles. The zero-order chi connectivity index (χ0) is 28.7. The monoisotopic (exact) mass is 562 g/mol. The Bertz CT molecular complexity index is 893. The van der Waals surface area contributed by atoms with Crippen LogP contribution in [0.1, 0.15) is 61.1 Å². The van der Waals surface area contributed by atoms with Crippen LogP contribution >= 0.6 is 0 Å². The first-order valence-electron chi connectivity index (χ1n) is 14.7. The van der Waals surface area contributed by atoms with E-state index in [1.165, 1.54) is 18.4 Å². The number of rotatable bonds is 25. The van der Waals surface area contributed by atoms with Crippen molar-refractivity contribution in [3.8, 4) is 0 Å². The Balaban J connectivity index is 1.36. The van der Waals surface area contributed by atoms with Crippen molar-refractivity contribution >= 4 is 5.91 Å². The molecule has 10 heteroatoms. The first kappa shape index (κ1) is 33.9. The van der Waals surface area contributed by atoms with E-state index in [0.717, 1.165) is 25.1 Å². The van der Waals surface area contributed by atoms with E-state index in [1.807, 2.05) is 35.1 Å². The van der Waals surface area contributed by atoms with E-state index in [0.29, 0.717) is 78.2 Å². The molecule has 10 nitrogen and oxygen atoms in total. The summed E-state index contributed by atoms with van der Waals surface area (Å²) in [5.41, 5.74) is 2.94. The van der Waals surface area contributed by atoms with Gasteiger partial charge in [0.1, 0.15) is 0 Å². The average molecular weight is 563 g/mol. The standard InChI is InChI=1S/C30H50N4O6/c1-4-6-11-31-12-14-36-16-18-38-20-22-40-23-21-39-19-17-37-15-13-32-30(35)29-9-7-28(8-10-29)26(3)34-25-27(5-2)24-33-34/h7-10,24-26,31H,4-6,11-23H2,1-3H3,(H,32,35). The smallest absolute Gasteiger partial charge is 0.251 e. The van der Waals surface area contributed by atoms with Gasteiger partial charge >= 0.3 is 0 Å². The minimum absolute atomic E-state index is 0.108. The van der Waals surface area contributed by atoms with Crippen LogP contribution in [-0.2, 0) is 30.1 Å². The fourth-order valence-electron chi connectivity index (χ4n) is 3.73. The molecule has 0 radical (unpaired) electrons. The van der Waals surface area contributed by atoms with Crippen molar-refractivity contribution in [1.82, 2.24) is 20.4 Å². The van der Waals surface area contributed by atoms with Gasteiger partial charge in [0.2, 0.25) is 0 Å². The van der Waals surface area contributed by atoms with Crippen LogP contribution in [0.2, 0.25) is 0 Å². The van der Waals surface area contributed by atoms with Gasteiger partial charge in [-0.15, -0.1) is 0 Å². The Hall–Kier alpha value is -2.34. The molecule has 40 heavy (non-hydrogen) atoms. The van der Waals surface area contributed by atoms with Crippen molar-refractivity contribution in [1.29, 1.82) is 0 Å². The fraction of sp³-hybridized carbons (Fsp3) is 0.667. The number of aromatic nitrogens is 2. The van der Waals surface area contributed by atoms with Crippen molar-refractivity contribution < 1.29 is 28.5 Å². The van der Waals surface area contributed by atoms with Crippen LogP contribution in [0.3, 0.4) is 0 Å². The van der Waals surface area contributed by atoms with Gasteiger partial charge in [0, 0.05) is 24.8 Å². The van der Waals surface area contributed by atoms with Crippen molar-refractivity contribution in [3.05, 3.63) is 53.3 Å². The Morgan fingerprint density at radius 3 is 1.88 bits per heavy atom. The van der Waals surface area contributed by atoms with Crippen LogP contribution in [0.4, 0.5) is 0 Å². The van der Waals surface area contributed by atoms with E-state index in [4.69, 9.17) is 23.7 Å². The fourth-order valence-corrected chi connectivity index (χ4v) is 3.73. The van der Waals surface area contributed by atoms with Crippen LogP contribution < -0.4 is 10.6 Å². The van der Waals surface area contributed by atoms with E-state index in [2.05, 4.69) is 42.7 Å². The largest absolute Gasteiger partial charge is 0.378 e. The molecule has 1 aromatic heterocycles. The molecule has 2 rings (SSSR count). The first-order chi connectivity index (χ1) is 19.7. The van der Waals surface area contributed by atoms with Crippen LogP contribution in [0, 0.1) is 0 Å². The van der Waals surface area contributed by atoms with Crippen LogP contribution in [0.5, 0.6) is 0 Å². The van der Waals surface area contributed by atoms with E-state index in [9.17, 15) is 4.79 Å². The summed E-state index contributed by atoms with van der Waals surface area (Å²) in [4.78, 5) is 12.4. The predicted octanol–water partition coefficient (Wildman–Crippen LogP) is 3.26. The Morgan fingerprint density at radius 1 is 0.800 bits per heavy atom. The number of aryl methyl sites for hydroxylation is 1. The molecule has 1 aromatic carbocycles. The predicted molar refractivity (Wildman–Crippen MR) is 156 cm³/mol. The van der Waals surface area contributed by atoms with Crippen molar-refractivity contribution in [2.45, 2.75) is 46.1 Å². The summed E-state index contributed by atoms with van der Waals surface area (Å²) >= 11 is 0. The van der Waals surface area contributed by atoms with Gasteiger partial charge in [-0.2, -0.15) is 5.10 Å². The maximum absolute atomic E-state index is 12.4. The number of ether oxygens (including phenoxy) is 5. The maximum Gasteiger partial charge on any atom is 0.251 e. The Kier molecular flexibility index (Phi) is 18.9. The van der Waals surface area contributed by atoms with Gasteiger partial charge in [0.15, 0.2) is 0 Å². The van der Waals surface area contributed by atoms with E-state index in [-0.39, 0.29) is 11.9 Å². The molecule has 0 spiro atoms. The molecule has 0 aliphatic heterocycles. The number of unbranched alkanes of at least 4 members (excludes halogenated alkanes) is 1. The topological polar surface area (TPSA) is 105 Å². The summed E-state index contributed by atoms with van der Waals surface area (Å²) in [6.07, 6.45) is 7.33. The molecular weight excluding hydrogens is 512 g/mol. The quantitative estimate of drug-likeness (QED) is 0.178. The zero-order valence-corrected chi connectivity index (χ0v) is 24.7. The molecule has 0 saturated carbocycles. The molecule has 1 amide bonds. The second-order valence-corrected chi connectivity index (χ2v) is 9.40. The number of amides is 1. The van der Waals surface area contributed by atoms with Gasteiger partial charge in [-0.3, -0.25) is 9.48 Å². The number of hydrogen-bond donors (Lipinski definition) is 2. The van der Waals surface area contributed by atoms with Gasteiger partial charge in [-0.1, -0.05) is 32.4 Å². The molecule has 0 saturated heterocycles. The lowest BCUT2D eigenvalue weighted by Gasteiger charge is -2.13. The van der Waals surface area contributed by atoms with Crippen LogP contribution in [-0.4, -0.2) is 101 Å². The summed E-state index contributed by atoms with van der Waals surface area (Å²) in [5.74, 6) is -0.116. The SMILES string of the molecule is CCCCNCCOCCOCCOCCOCCOCCNC(=O)c1ccc(C(C)n2cc(CC)cn2)cc1. The summed E-state index contributed by atoms with van der Waals surface area (Å²) < 4.78 is 29.4. The Labute approximate surface area is 240 Å². The van der Waals surface area contributed by atoms with E-state index >= 15 is 0 Å². The first-order valence-corrected chi connectivity index (χ1v) is 14.7. The van der Waals surface area contributed by atoms with E-state index < -0.39 is 0 Å². The molecule has 0 aliphatic carbocycles.